The number of ketones is 1. The molecule has 0 saturated carbocycles. The molecule has 3 aliphatic carbocycles. The molecule has 1 amide bonds. The number of phenolic OH excluding ortho intramolecular Hbond substituents is 1. The van der Waals surface area contributed by atoms with Gasteiger partial charge in [-0.25, -0.2) is 0 Å². The second-order valence-corrected chi connectivity index (χ2v) is 13.3. The van der Waals surface area contributed by atoms with Gasteiger partial charge in [-0.1, -0.05) is 20.8 Å². The molecule has 0 unspecified atom stereocenters. The normalized spacial score (nSPS) is 26.5. The average Bonchev–Trinajstić information content (AvgIpc) is 2.81. The van der Waals surface area contributed by atoms with Crippen molar-refractivity contribution in [2.75, 3.05) is 34.8 Å². The van der Waals surface area contributed by atoms with Crippen molar-refractivity contribution in [2.45, 2.75) is 64.4 Å². The van der Waals surface area contributed by atoms with Gasteiger partial charge in [-0.15, -0.1) is 0 Å². The van der Waals surface area contributed by atoms with E-state index in [0.29, 0.717) is 6.54 Å². The van der Waals surface area contributed by atoms with E-state index in [1.54, 1.807) is 30.9 Å². The van der Waals surface area contributed by atoms with Gasteiger partial charge >= 0.3 is 6.18 Å². The third-order valence-corrected chi connectivity index (χ3v) is 8.71. The number of hydrogen-bond acceptors (Lipinski definition) is 8. The van der Waals surface area contributed by atoms with Gasteiger partial charge in [0.2, 0.25) is 5.91 Å². The van der Waals surface area contributed by atoms with Crippen LogP contribution in [0.15, 0.2) is 28.7 Å². The van der Waals surface area contributed by atoms with Gasteiger partial charge in [0, 0.05) is 38.1 Å². The van der Waals surface area contributed by atoms with Gasteiger partial charge in [0.15, 0.2) is 5.78 Å². The van der Waals surface area contributed by atoms with Gasteiger partial charge < -0.3 is 30.7 Å². The summed E-state index contributed by atoms with van der Waals surface area (Å²) in [7, 11) is 6.27. The molecule has 12 heteroatoms. The first kappa shape index (κ1) is 31.8. The Hall–Kier alpha value is -3.09. The van der Waals surface area contributed by atoms with E-state index in [0.717, 1.165) is 6.07 Å². The van der Waals surface area contributed by atoms with Gasteiger partial charge in [0.1, 0.15) is 22.9 Å². The second kappa shape index (κ2) is 10.6. The third-order valence-electron chi connectivity index (χ3n) is 8.71. The van der Waals surface area contributed by atoms with E-state index >= 15 is 0 Å². The van der Waals surface area contributed by atoms with Crippen molar-refractivity contribution in [3.8, 4) is 5.75 Å². The highest BCUT2D eigenvalue weighted by molar-refractivity contribution is 6.13. The fourth-order valence-corrected chi connectivity index (χ4v) is 7.40. The zero-order valence-corrected chi connectivity index (χ0v) is 25.0. The fourth-order valence-electron chi connectivity index (χ4n) is 7.40. The fraction of sp³-hybridized carbons (Fsp3) is 0.600. The number of aromatic hydroxyl groups is 1. The van der Waals surface area contributed by atoms with Crippen molar-refractivity contribution in [2.24, 2.45) is 23.0 Å². The molecule has 1 aromatic carbocycles. The highest BCUT2D eigenvalue weighted by Gasteiger charge is 2.60. The van der Waals surface area contributed by atoms with Crippen LogP contribution < -0.4 is 5.73 Å². The molecular weight excluding hydrogens is 555 g/mol. The number of methoxy groups -OCH3 is 1. The first-order valence-corrected chi connectivity index (χ1v) is 13.8. The Morgan fingerprint density at radius 1 is 1.17 bits per heavy atom. The molecule has 0 saturated heterocycles. The number of nitrogens with zero attached hydrogens (tertiary/aromatic N) is 2. The SMILES string of the molecule is CO[C@@]12CC(C(N)=O)=C(O)[C@@H](N(C)C)[C@@H]1C[C@@H]1Cc3c(c(O)cc(CN(C)CC(C)(C)C)c3C(F)(F)F)C(=O)C1=C2O. The van der Waals surface area contributed by atoms with Crippen LogP contribution in [0.5, 0.6) is 5.75 Å². The van der Waals surface area contributed by atoms with Crippen molar-refractivity contribution in [1.29, 1.82) is 0 Å². The molecule has 0 bridgehead atoms. The lowest BCUT2D eigenvalue weighted by atomic mass is 9.58. The lowest BCUT2D eigenvalue weighted by Crippen LogP contribution is -2.60. The number of aliphatic hydroxyl groups excluding tert-OH is 2. The Morgan fingerprint density at radius 3 is 2.29 bits per heavy atom. The topological polar surface area (TPSA) is 137 Å². The third kappa shape index (κ3) is 5.17. The largest absolute Gasteiger partial charge is 0.510 e. The van der Waals surface area contributed by atoms with Crippen LogP contribution in [0.4, 0.5) is 13.2 Å². The molecule has 0 aliphatic heterocycles. The van der Waals surface area contributed by atoms with Crippen molar-refractivity contribution in [1.82, 2.24) is 9.80 Å². The average molecular weight is 596 g/mol. The Bertz CT molecular complexity index is 1380. The minimum atomic E-state index is -4.82. The molecule has 9 nitrogen and oxygen atoms in total. The number of likely N-dealkylation sites (N-methyl/N-ethyl adjacent to an activating group) is 1. The van der Waals surface area contributed by atoms with Crippen LogP contribution in [0.3, 0.4) is 0 Å². The van der Waals surface area contributed by atoms with E-state index in [2.05, 4.69) is 0 Å². The number of aliphatic hydroxyl groups is 2. The number of hydrogen-bond donors (Lipinski definition) is 4. The number of halogens is 3. The molecule has 1 aromatic rings. The molecule has 232 valence electrons. The Morgan fingerprint density at radius 2 is 1.79 bits per heavy atom. The molecule has 42 heavy (non-hydrogen) atoms. The van der Waals surface area contributed by atoms with Crippen LogP contribution in [0, 0.1) is 17.3 Å². The van der Waals surface area contributed by atoms with Gasteiger partial charge in [-0.2, -0.15) is 13.2 Å². The van der Waals surface area contributed by atoms with Crippen LogP contribution >= 0.6 is 0 Å². The Balaban J connectivity index is 1.92. The number of phenols is 1. The number of allylic oxidation sites excluding steroid dienone is 1. The van der Waals surface area contributed by atoms with E-state index in [1.165, 1.54) is 7.11 Å². The number of primary amides is 1. The molecule has 0 heterocycles. The first-order chi connectivity index (χ1) is 19.2. The van der Waals surface area contributed by atoms with Gasteiger partial charge in [-0.3, -0.25) is 14.5 Å². The van der Waals surface area contributed by atoms with Crippen LogP contribution in [0.2, 0.25) is 0 Å². The van der Waals surface area contributed by atoms with Crippen molar-refractivity contribution < 1.29 is 42.8 Å². The van der Waals surface area contributed by atoms with Crippen LogP contribution in [0.25, 0.3) is 0 Å². The van der Waals surface area contributed by atoms with E-state index in [1.807, 2.05) is 20.8 Å². The van der Waals surface area contributed by atoms with Crippen LogP contribution in [0.1, 0.15) is 60.7 Å². The standard InChI is InChI=1S/C30H40F3N3O6/c1-28(2,3)13-36(6)12-15-10-19(37)21-16(22(15)30(31,32)33)8-14-9-18-23(35(4)5)24(38)17(27(34)41)11-29(18,42-7)26(40)20(14)25(21)39/h10,14,18,23,37-38,40H,8-9,11-13H2,1-7H3,(H2,34,41)/t14-,18-,23-,29-/m0/s1. The van der Waals surface area contributed by atoms with Gasteiger partial charge in [0.25, 0.3) is 0 Å². The summed E-state index contributed by atoms with van der Waals surface area (Å²) in [5, 5.41) is 33.7. The predicted octanol–water partition coefficient (Wildman–Crippen LogP) is 4.09. The molecule has 0 fully saturated rings. The molecule has 4 rings (SSSR count). The Labute approximate surface area is 243 Å². The zero-order valence-electron chi connectivity index (χ0n) is 25.0. The molecule has 5 N–H and O–H groups in total. The van der Waals surface area contributed by atoms with E-state index in [-0.39, 0.29) is 59.3 Å². The minimum Gasteiger partial charge on any atom is -0.510 e. The number of amides is 1. The number of alkyl halides is 3. The van der Waals surface area contributed by atoms with Crippen molar-refractivity contribution >= 4 is 11.7 Å². The van der Waals surface area contributed by atoms with Crippen LogP contribution in [-0.2, 0) is 28.7 Å². The molecule has 3 aliphatic rings. The zero-order chi connectivity index (χ0) is 31.7. The molecule has 0 aromatic heterocycles. The summed E-state index contributed by atoms with van der Waals surface area (Å²) in [4.78, 5) is 29.6. The maximum atomic E-state index is 14.7. The monoisotopic (exact) mass is 595 g/mol. The lowest BCUT2D eigenvalue weighted by Gasteiger charge is -2.53. The van der Waals surface area contributed by atoms with Crippen molar-refractivity contribution in [3.05, 3.63) is 51.0 Å². The summed E-state index contributed by atoms with van der Waals surface area (Å²) in [6.45, 7) is 6.28. The number of carbonyl (C=O) groups is 2. The van der Waals surface area contributed by atoms with Crippen molar-refractivity contribution in [3.63, 3.8) is 0 Å². The van der Waals surface area contributed by atoms with Gasteiger partial charge in [0.05, 0.1) is 22.7 Å². The molecule has 0 radical (unpaired) electrons. The number of nitrogens with two attached hydrogens (primary N) is 1. The maximum Gasteiger partial charge on any atom is 0.417 e. The highest BCUT2D eigenvalue weighted by Crippen LogP contribution is 2.56. The number of fused-ring (bicyclic) bond motifs is 3. The summed E-state index contributed by atoms with van der Waals surface area (Å²) in [5.41, 5.74) is 1.45. The van der Waals surface area contributed by atoms with Crippen LogP contribution in [-0.4, -0.2) is 83.3 Å². The first-order valence-electron chi connectivity index (χ1n) is 13.8. The summed E-state index contributed by atoms with van der Waals surface area (Å²) in [6, 6.07) is 0.109. The molecular formula is C30H40F3N3O6. The number of ether oxygens (including phenoxy) is 1. The lowest BCUT2D eigenvalue weighted by molar-refractivity contribution is -0.139. The van der Waals surface area contributed by atoms with E-state index in [4.69, 9.17) is 10.5 Å². The summed E-state index contributed by atoms with van der Waals surface area (Å²) >= 11 is 0. The predicted molar refractivity (Wildman–Crippen MR) is 149 cm³/mol. The number of carbonyl (C=O) groups excluding carboxylic acids is 2. The minimum absolute atomic E-state index is 0.0591. The number of rotatable bonds is 6. The molecule has 0 spiro atoms. The quantitative estimate of drug-likeness (QED) is 0.386. The number of Topliss-reactive ketones (excluding diaryl/α,β-unsaturated/α-hetero) is 1. The summed E-state index contributed by atoms with van der Waals surface area (Å²) in [5.74, 6) is -4.89. The summed E-state index contributed by atoms with van der Waals surface area (Å²) < 4.78 is 50.0. The highest BCUT2D eigenvalue weighted by atomic mass is 19.4. The maximum absolute atomic E-state index is 14.7. The van der Waals surface area contributed by atoms with Gasteiger partial charge in [-0.05, 0) is 62.5 Å². The Kier molecular flexibility index (Phi) is 8.01. The number of benzene rings is 1. The molecule has 4 atom stereocenters. The van der Waals surface area contributed by atoms with E-state index in [9.17, 15) is 38.1 Å². The summed E-state index contributed by atoms with van der Waals surface area (Å²) in [6.07, 6.45) is -5.37. The van der Waals surface area contributed by atoms with E-state index < -0.39 is 64.0 Å². The smallest absolute Gasteiger partial charge is 0.417 e. The second-order valence-electron chi connectivity index (χ2n) is 13.3.